The molecule has 21 heavy (non-hydrogen) atoms. The summed E-state index contributed by atoms with van der Waals surface area (Å²) >= 11 is 0. The van der Waals surface area contributed by atoms with Crippen molar-refractivity contribution < 1.29 is 14.6 Å². The third-order valence-electron chi connectivity index (χ3n) is 3.94. The standard InChI is InChI=1S/C15H17N3O3/c1-18(11-4-6-21-7-5-11)14-12-3-2-10(15(19)20)8-13(12)16-9-17-14/h2-3,8-9,11H,4-7H2,1H3,(H,19,20). The molecule has 6 heteroatoms. The number of carboxylic acid groups (broad SMARTS) is 1. The number of carbonyl (C=O) groups is 1. The SMILES string of the molecule is CN(c1ncnc2cc(C(=O)O)ccc12)C1CCOCC1. The molecular formula is C15H17N3O3. The molecule has 0 atom stereocenters. The van der Waals surface area contributed by atoms with E-state index in [4.69, 9.17) is 9.84 Å². The molecule has 1 N–H and O–H groups in total. The minimum absolute atomic E-state index is 0.237. The van der Waals surface area contributed by atoms with Gasteiger partial charge < -0.3 is 14.7 Å². The molecule has 2 heterocycles. The van der Waals surface area contributed by atoms with E-state index in [1.54, 1.807) is 18.2 Å². The topological polar surface area (TPSA) is 75.6 Å². The number of nitrogens with zero attached hydrogens (tertiary/aromatic N) is 3. The van der Waals surface area contributed by atoms with Gasteiger partial charge in [-0.05, 0) is 31.0 Å². The van der Waals surface area contributed by atoms with Crippen molar-refractivity contribution >= 4 is 22.7 Å². The van der Waals surface area contributed by atoms with Crippen molar-refractivity contribution in [3.8, 4) is 0 Å². The van der Waals surface area contributed by atoms with Crippen LogP contribution >= 0.6 is 0 Å². The van der Waals surface area contributed by atoms with Gasteiger partial charge in [-0.25, -0.2) is 14.8 Å². The average molecular weight is 287 g/mol. The Labute approximate surface area is 122 Å². The lowest BCUT2D eigenvalue weighted by atomic mass is 10.1. The van der Waals surface area contributed by atoms with Crippen LogP contribution in [0.5, 0.6) is 0 Å². The van der Waals surface area contributed by atoms with Gasteiger partial charge in [0.25, 0.3) is 0 Å². The molecule has 1 fully saturated rings. The smallest absolute Gasteiger partial charge is 0.335 e. The van der Waals surface area contributed by atoms with E-state index >= 15 is 0 Å². The van der Waals surface area contributed by atoms with Gasteiger partial charge in [0.2, 0.25) is 0 Å². The number of ether oxygens (including phenoxy) is 1. The van der Waals surface area contributed by atoms with Crippen LogP contribution in [0.4, 0.5) is 5.82 Å². The first-order valence-corrected chi connectivity index (χ1v) is 6.95. The number of anilines is 1. The number of aromatic nitrogens is 2. The minimum Gasteiger partial charge on any atom is -0.478 e. The van der Waals surface area contributed by atoms with E-state index in [0.717, 1.165) is 37.3 Å². The first-order valence-electron chi connectivity index (χ1n) is 6.95. The van der Waals surface area contributed by atoms with E-state index in [9.17, 15) is 4.79 Å². The molecule has 1 aliphatic rings. The summed E-state index contributed by atoms with van der Waals surface area (Å²) in [4.78, 5) is 21.8. The Morgan fingerprint density at radius 2 is 2.10 bits per heavy atom. The number of hydrogen-bond acceptors (Lipinski definition) is 5. The van der Waals surface area contributed by atoms with Crippen LogP contribution in [0.25, 0.3) is 10.9 Å². The highest BCUT2D eigenvalue weighted by molar-refractivity contribution is 5.96. The van der Waals surface area contributed by atoms with Crippen LogP contribution in [-0.2, 0) is 4.74 Å². The Kier molecular flexibility index (Phi) is 3.70. The Morgan fingerprint density at radius 3 is 2.81 bits per heavy atom. The van der Waals surface area contributed by atoms with Gasteiger partial charge in [-0.2, -0.15) is 0 Å². The fourth-order valence-electron chi connectivity index (χ4n) is 2.70. The monoisotopic (exact) mass is 287 g/mol. The third-order valence-corrected chi connectivity index (χ3v) is 3.94. The Balaban J connectivity index is 2.00. The van der Waals surface area contributed by atoms with Gasteiger partial charge in [-0.1, -0.05) is 0 Å². The van der Waals surface area contributed by atoms with E-state index in [0.29, 0.717) is 11.6 Å². The highest BCUT2D eigenvalue weighted by Gasteiger charge is 2.21. The molecule has 110 valence electrons. The zero-order valence-corrected chi connectivity index (χ0v) is 11.8. The van der Waals surface area contributed by atoms with E-state index in [1.165, 1.54) is 6.33 Å². The van der Waals surface area contributed by atoms with Gasteiger partial charge in [0.1, 0.15) is 12.1 Å². The maximum Gasteiger partial charge on any atom is 0.335 e. The van der Waals surface area contributed by atoms with E-state index in [-0.39, 0.29) is 5.56 Å². The van der Waals surface area contributed by atoms with Crippen molar-refractivity contribution in [3.05, 3.63) is 30.1 Å². The van der Waals surface area contributed by atoms with Crippen molar-refractivity contribution in [2.75, 3.05) is 25.2 Å². The molecule has 6 nitrogen and oxygen atoms in total. The van der Waals surface area contributed by atoms with Crippen LogP contribution in [0.1, 0.15) is 23.2 Å². The molecule has 0 saturated carbocycles. The lowest BCUT2D eigenvalue weighted by Crippen LogP contribution is -2.37. The van der Waals surface area contributed by atoms with Gasteiger partial charge in [0, 0.05) is 31.7 Å². The Morgan fingerprint density at radius 1 is 1.33 bits per heavy atom. The average Bonchev–Trinajstić information content (AvgIpc) is 2.54. The molecule has 3 rings (SSSR count). The second-order valence-corrected chi connectivity index (χ2v) is 5.19. The molecule has 0 radical (unpaired) electrons. The van der Waals surface area contributed by atoms with Crippen LogP contribution in [0.3, 0.4) is 0 Å². The summed E-state index contributed by atoms with van der Waals surface area (Å²) in [5, 5.41) is 9.93. The molecule has 0 bridgehead atoms. The van der Waals surface area contributed by atoms with E-state index < -0.39 is 5.97 Å². The van der Waals surface area contributed by atoms with Gasteiger partial charge in [-0.3, -0.25) is 0 Å². The van der Waals surface area contributed by atoms with Crippen molar-refractivity contribution in [1.29, 1.82) is 0 Å². The number of rotatable bonds is 3. The van der Waals surface area contributed by atoms with E-state index in [1.807, 2.05) is 7.05 Å². The van der Waals surface area contributed by atoms with Crippen molar-refractivity contribution in [3.63, 3.8) is 0 Å². The van der Waals surface area contributed by atoms with Gasteiger partial charge in [-0.15, -0.1) is 0 Å². The second-order valence-electron chi connectivity index (χ2n) is 5.19. The second kappa shape index (κ2) is 5.65. The number of aromatic carboxylic acids is 1. The van der Waals surface area contributed by atoms with Gasteiger partial charge >= 0.3 is 5.97 Å². The molecule has 1 aromatic carbocycles. The summed E-state index contributed by atoms with van der Waals surface area (Å²) in [5.41, 5.74) is 0.889. The van der Waals surface area contributed by atoms with Crippen LogP contribution in [0.2, 0.25) is 0 Å². The number of carboxylic acids is 1. The zero-order chi connectivity index (χ0) is 14.8. The third kappa shape index (κ3) is 2.67. The largest absolute Gasteiger partial charge is 0.478 e. The van der Waals surface area contributed by atoms with Crippen molar-refractivity contribution in [2.24, 2.45) is 0 Å². The van der Waals surface area contributed by atoms with Crippen LogP contribution < -0.4 is 4.90 Å². The maximum absolute atomic E-state index is 11.0. The number of fused-ring (bicyclic) bond motifs is 1. The van der Waals surface area contributed by atoms with Gasteiger partial charge in [0.15, 0.2) is 0 Å². The quantitative estimate of drug-likeness (QED) is 0.929. The molecule has 0 spiro atoms. The molecule has 0 aliphatic carbocycles. The number of hydrogen-bond donors (Lipinski definition) is 1. The zero-order valence-electron chi connectivity index (χ0n) is 11.8. The van der Waals surface area contributed by atoms with Gasteiger partial charge in [0.05, 0.1) is 11.1 Å². The molecule has 1 saturated heterocycles. The van der Waals surface area contributed by atoms with Crippen molar-refractivity contribution in [2.45, 2.75) is 18.9 Å². The highest BCUT2D eigenvalue weighted by Crippen LogP contribution is 2.26. The predicted molar refractivity (Wildman–Crippen MR) is 78.7 cm³/mol. The molecule has 1 aliphatic heterocycles. The Hall–Kier alpha value is -2.21. The summed E-state index contributed by atoms with van der Waals surface area (Å²) in [6, 6.07) is 5.34. The normalized spacial score (nSPS) is 16.0. The summed E-state index contributed by atoms with van der Waals surface area (Å²) in [6.45, 7) is 1.53. The lowest BCUT2D eigenvalue weighted by molar-refractivity contribution is 0.0697. The summed E-state index contributed by atoms with van der Waals surface area (Å²) in [7, 11) is 2.02. The summed E-state index contributed by atoms with van der Waals surface area (Å²) in [5.74, 6) is -0.112. The maximum atomic E-state index is 11.0. The number of benzene rings is 1. The molecule has 1 aromatic heterocycles. The highest BCUT2D eigenvalue weighted by atomic mass is 16.5. The Bertz CT molecular complexity index is 668. The molecule has 2 aromatic rings. The minimum atomic E-state index is -0.949. The molecular weight excluding hydrogens is 270 g/mol. The summed E-state index contributed by atoms with van der Waals surface area (Å²) < 4.78 is 5.39. The first-order chi connectivity index (χ1) is 10.2. The first kappa shape index (κ1) is 13.8. The molecule has 0 unspecified atom stereocenters. The van der Waals surface area contributed by atoms with Crippen molar-refractivity contribution in [1.82, 2.24) is 9.97 Å². The van der Waals surface area contributed by atoms with Crippen LogP contribution in [0.15, 0.2) is 24.5 Å². The predicted octanol–water partition coefficient (Wildman–Crippen LogP) is 1.94. The molecule has 0 amide bonds. The van der Waals surface area contributed by atoms with E-state index in [2.05, 4.69) is 14.9 Å². The van der Waals surface area contributed by atoms with Crippen LogP contribution in [0, 0.1) is 0 Å². The summed E-state index contributed by atoms with van der Waals surface area (Å²) in [6.07, 6.45) is 3.42. The fraction of sp³-hybridized carbons (Fsp3) is 0.400. The lowest BCUT2D eigenvalue weighted by Gasteiger charge is -2.32. The fourth-order valence-corrected chi connectivity index (χ4v) is 2.70. The van der Waals surface area contributed by atoms with Crippen LogP contribution in [-0.4, -0.2) is 47.3 Å².